The number of Topliss-reactive ketones (excluding diaryl/α,β-unsaturated/α-hetero) is 3. The normalized spacial score (nSPS) is 22.7. The molecule has 3 aliphatic rings. The van der Waals surface area contributed by atoms with E-state index in [0.717, 1.165) is 42.0 Å². The van der Waals surface area contributed by atoms with Crippen LogP contribution in [0.15, 0.2) is 36.7 Å². The van der Waals surface area contributed by atoms with Crippen molar-refractivity contribution in [1.29, 1.82) is 0 Å². The number of aryl methyl sites for hydroxylation is 3. The third kappa shape index (κ3) is 6.70. The molecule has 13 heteroatoms. The van der Waals surface area contributed by atoms with E-state index < -0.39 is 29.1 Å². The van der Waals surface area contributed by atoms with Gasteiger partial charge in [0.15, 0.2) is 11.6 Å². The number of amides is 1. The van der Waals surface area contributed by atoms with Gasteiger partial charge in [0.25, 0.3) is 0 Å². The third-order valence-electron chi connectivity index (χ3n) is 10.9. The number of rotatable bonds is 5. The second kappa shape index (κ2) is 13.1. The van der Waals surface area contributed by atoms with Gasteiger partial charge in [0.2, 0.25) is 5.91 Å². The van der Waals surface area contributed by atoms with Gasteiger partial charge in [0, 0.05) is 49.2 Å². The van der Waals surface area contributed by atoms with Crippen LogP contribution < -0.4 is 0 Å². The number of halogens is 3. The van der Waals surface area contributed by atoms with Crippen molar-refractivity contribution >= 4 is 34.2 Å². The highest BCUT2D eigenvalue weighted by Gasteiger charge is 2.66. The zero-order valence-electron chi connectivity index (χ0n) is 28.8. The van der Waals surface area contributed by atoms with Crippen LogP contribution in [-0.2, 0) is 39.9 Å². The molecular formula is C38H39F3N6O4. The van der Waals surface area contributed by atoms with Gasteiger partial charge in [-0.2, -0.15) is 18.3 Å². The number of benzene rings is 1. The average molecular weight is 701 g/mol. The van der Waals surface area contributed by atoms with Crippen LogP contribution in [0.2, 0.25) is 0 Å². The van der Waals surface area contributed by atoms with Gasteiger partial charge in [0.05, 0.1) is 23.7 Å². The number of carbonyl (C=O) groups excluding carboxylic acids is 4. The first-order valence-corrected chi connectivity index (χ1v) is 17.5. The summed E-state index contributed by atoms with van der Waals surface area (Å²) >= 11 is 0. The number of nitrogens with zero attached hydrogens (tertiary/aromatic N) is 6. The zero-order valence-corrected chi connectivity index (χ0v) is 28.8. The highest BCUT2D eigenvalue weighted by molar-refractivity contribution is 6.07. The predicted molar refractivity (Wildman–Crippen MR) is 181 cm³/mol. The van der Waals surface area contributed by atoms with E-state index in [1.807, 2.05) is 12.1 Å². The summed E-state index contributed by atoms with van der Waals surface area (Å²) in [5, 5.41) is 5.27. The molecule has 4 aromatic rings. The summed E-state index contributed by atoms with van der Waals surface area (Å²) in [6.07, 6.45) is 3.67. The molecule has 7 rings (SSSR count). The summed E-state index contributed by atoms with van der Waals surface area (Å²) in [6.45, 7) is 4.60. The Bertz CT molecular complexity index is 2070. The second-order valence-corrected chi connectivity index (χ2v) is 14.4. The standard InChI is InChI=1S/C38H39F3N6O4/c1-21-9-10-32(38(39,40)41)44-29(21)15-31(50)30-16-37-12-11-27(49)8-6-4-5-7-24-13-25(26-18-42-23(3)43-19-26)14-28-35(22(2)48)45-46(36(24)28)20-34(51)47(30)33(37)17-37/h9-10,13-14,18-19,30,33H,4-8,11-12,15-17,20H2,1-3H3/t30-,33+,37-/m0/s1. The molecule has 2 bridgehead atoms. The minimum Gasteiger partial charge on any atom is -0.327 e. The minimum absolute atomic E-state index is 0.0222. The molecule has 10 nitrogen and oxygen atoms in total. The number of piperidine rings is 1. The fourth-order valence-electron chi connectivity index (χ4n) is 8.03. The van der Waals surface area contributed by atoms with Crippen LogP contribution in [0.4, 0.5) is 13.2 Å². The summed E-state index contributed by atoms with van der Waals surface area (Å²) in [4.78, 5) is 68.4. The molecule has 0 spiro atoms. The number of aromatic nitrogens is 5. The van der Waals surface area contributed by atoms with Gasteiger partial charge >= 0.3 is 6.18 Å². The number of carbonyl (C=O) groups is 4. The maximum atomic E-state index is 14.4. The van der Waals surface area contributed by atoms with Gasteiger partial charge in [-0.25, -0.2) is 15.0 Å². The molecule has 2 aliphatic heterocycles. The lowest BCUT2D eigenvalue weighted by Gasteiger charge is -2.27. The van der Waals surface area contributed by atoms with Crippen molar-refractivity contribution in [2.45, 2.75) is 110 Å². The molecule has 0 N–H and O–H groups in total. The summed E-state index contributed by atoms with van der Waals surface area (Å²) in [5.74, 6) is -0.260. The fraction of sp³-hybridized carbons (Fsp3) is 0.474. The van der Waals surface area contributed by atoms with E-state index in [1.54, 1.807) is 35.8 Å². The van der Waals surface area contributed by atoms with Crippen LogP contribution in [0, 0.1) is 19.3 Å². The lowest BCUT2D eigenvalue weighted by Crippen LogP contribution is -2.45. The molecule has 266 valence electrons. The Morgan fingerprint density at radius 3 is 2.43 bits per heavy atom. The minimum atomic E-state index is -4.67. The van der Waals surface area contributed by atoms with Crippen LogP contribution in [0.5, 0.6) is 0 Å². The van der Waals surface area contributed by atoms with Gasteiger partial charge < -0.3 is 4.90 Å². The Labute approximate surface area is 292 Å². The van der Waals surface area contributed by atoms with E-state index in [-0.39, 0.29) is 47.9 Å². The molecule has 1 aromatic carbocycles. The van der Waals surface area contributed by atoms with E-state index in [2.05, 4.69) is 20.1 Å². The summed E-state index contributed by atoms with van der Waals surface area (Å²) in [7, 11) is 0. The van der Waals surface area contributed by atoms with Gasteiger partial charge in [0.1, 0.15) is 29.5 Å². The summed E-state index contributed by atoms with van der Waals surface area (Å²) in [6, 6.07) is 4.90. The fourth-order valence-corrected chi connectivity index (χ4v) is 8.03. The van der Waals surface area contributed by atoms with E-state index in [1.165, 1.54) is 13.0 Å². The molecular weight excluding hydrogens is 661 g/mol. The molecule has 5 heterocycles. The Kier molecular flexibility index (Phi) is 8.87. The molecule has 2 fully saturated rings. The number of pyridine rings is 1. The van der Waals surface area contributed by atoms with Gasteiger partial charge in [-0.05, 0) is 92.7 Å². The first kappa shape index (κ1) is 34.6. The molecule has 51 heavy (non-hydrogen) atoms. The first-order chi connectivity index (χ1) is 24.2. The predicted octanol–water partition coefficient (Wildman–Crippen LogP) is 6.36. The monoisotopic (exact) mass is 700 g/mol. The molecule has 3 atom stereocenters. The summed E-state index contributed by atoms with van der Waals surface area (Å²) in [5.41, 5.74) is 2.32. The maximum absolute atomic E-state index is 14.4. The van der Waals surface area contributed by atoms with Gasteiger partial charge in [-0.15, -0.1) is 0 Å². The van der Waals surface area contributed by atoms with Crippen LogP contribution in [0.1, 0.15) is 97.1 Å². The van der Waals surface area contributed by atoms with E-state index >= 15 is 0 Å². The van der Waals surface area contributed by atoms with Crippen molar-refractivity contribution in [2.75, 3.05) is 0 Å². The Balaban J connectivity index is 1.28. The van der Waals surface area contributed by atoms with Gasteiger partial charge in [-0.3, -0.25) is 23.9 Å². The van der Waals surface area contributed by atoms with Gasteiger partial charge in [-0.1, -0.05) is 12.5 Å². The van der Waals surface area contributed by atoms with Crippen LogP contribution in [0.3, 0.4) is 0 Å². The lowest BCUT2D eigenvalue weighted by atomic mass is 9.90. The van der Waals surface area contributed by atoms with E-state index in [4.69, 9.17) is 0 Å². The molecule has 1 saturated heterocycles. The Morgan fingerprint density at radius 1 is 0.961 bits per heavy atom. The topological polar surface area (TPSA) is 128 Å². The smallest absolute Gasteiger partial charge is 0.327 e. The van der Waals surface area contributed by atoms with Crippen molar-refractivity contribution in [3.8, 4) is 11.1 Å². The third-order valence-corrected chi connectivity index (χ3v) is 10.9. The molecule has 1 saturated carbocycles. The average Bonchev–Trinajstić information content (AvgIpc) is 3.49. The van der Waals surface area contributed by atoms with Crippen LogP contribution in [0.25, 0.3) is 22.0 Å². The molecule has 3 aromatic heterocycles. The number of hydrogen-bond donors (Lipinski definition) is 0. The van der Waals surface area contributed by atoms with Crippen molar-refractivity contribution < 1.29 is 32.3 Å². The lowest BCUT2D eigenvalue weighted by molar-refractivity contribution is -0.141. The zero-order chi connectivity index (χ0) is 36.2. The van der Waals surface area contributed by atoms with E-state index in [9.17, 15) is 32.3 Å². The van der Waals surface area contributed by atoms with Crippen LogP contribution >= 0.6 is 0 Å². The number of hydrogen-bond acceptors (Lipinski definition) is 8. The molecule has 0 radical (unpaired) electrons. The van der Waals surface area contributed by atoms with Crippen molar-refractivity contribution in [2.24, 2.45) is 5.41 Å². The van der Waals surface area contributed by atoms with E-state index in [0.29, 0.717) is 60.8 Å². The van der Waals surface area contributed by atoms with Crippen molar-refractivity contribution in [3.63, 3.8) is 0 Å². The molecule has 0 unspecified atom stereocenters. The largest absolute Gasteiger partial charge is 0.433 e. The summed E-state index contributed by atoms with van der Waals surface area (Å²) < 4.78 is 42.1. The van der Waals surface area contributed by atoms with Crippen LogP contribution in [-0.4, -0.2) is 65.0 Å². The Hall–Kier alpha value is -4.81. The number of ketones is 3. The SMILES string of the molecule is CC(=O)c1nn2c3c(cc(-c4cnc(C)nc4)cc13)CCCCCC(=O)CC[C@@]13C[C@@H](C(=O)Cc4nc(C(F)(F)F)ccc4C)N(C(=O)C2)[C@@H]1C3. The molecule has 1 aliphatic carbocycles. The quantitative estimate of drug-likeness (QED) is 0.220. The maximum Gasteiger partial charge on any atom is 0.433 e. The second-order valence-electron chi connectivity index (χ2n) is 14.4. The van der Waals surface area contributed by atoms with Crippen molar-refractivity contribution in [1.82, 2.24) is 29.6 Å². The highest BCUT2D eigenvalue weighted by Crippen LogP contribution is 2.62. The Morgan fingerprint density at radius 2 is 1.71 bits per heavy atom. The van der Waals surface area contributed by atoms with Crippen molar-refractivity contribution in [3.05, 3.63) is 70.7 Å². The molecule has 1 amide bonds. The number of alkyl halides is 3. The first-order valence-electron chi connectivity index (χ1n) is 17.5. The highest BCUT2D eigenvalue weighted by atomic mass is 19.4.